The molecule has 0 radical (unpaired) electrons. The quantitative estimate of drug-likeness (QED) is 0.0856. The van der Waals surface area contributed by atoms with Crippen LogP contribution in [0.15, 0.2) is 87.2 Å². The summed E-state index contributed by atoms with van der Waals surface area (Å²) in [6.07, 6.45) is 1.44. The van der Waals surface area contributed by atoms with Gasteiger partial charge in [0.15, 0.2) is 29.3 Å². The molecular formula is C28H23N6O8S2+. The third-order valence-corrected chi connectivity index (χ3v) is 8.95. The molecule has 2 amide bonds. The van der Waals surface area contributed by atoms with Gasteiger partial charge < -0.3 is 30.5 Å². The number of pyridine rings is 1. The van der Waals surface area contributed by atoms with Gasteiger partial charge in [0.2, 0.25) is 5.52 Å². The Balaban J connectivity index is 1.24. The van der Waals surface area contributed by atoms with Crippen LogP contribution < -0.4 is 15.6 Å². The summed E-state index contributed by atoms with van der Waals surface area (Å²) in [5.41, 5.74) is 6.63. The largest absolute Gasteiger partial charge is 0.478 e. The number of carbonyl (C=O) groups is 4. The lowest BCUT2D eigenvalue weighted by Gasteiger charge is -2.49. The highest BCUT2D eigenvalue weighted by Gasteiger charge is 2.55. The van der Waals surface area contributed by atoms with Crippen molar-refractivity contribution in [2.75, 3.05) is 11.5 Å². The molecule has 2 aliphatic heterocycles. The molecule has 5 N–H and O–H groups in total. The van der Waals surface area contributed by atoms with E-state index in [1.165, 1.54) is 40.4 Å². The van der Waals surface area contributed by atoms with E-state index in [9.17, 15) is 29.4 Å². The first-order valence-electron chi connectivity index (χ1n) is 13.0. The van der Waals surface area contributed by atoms with Crippen molar-refractivity contribution < 1.29 is 43.2 Å². The second-order valence-electron chi connectivity index (χ2n) is 9.66. The minimum atomic E-state index is -1.67. The normalized spacial score (nSPS) is 18.9. The van der Waals surface area contributed by atoms with Gasteiger partial charge in [0.25, 0.3) is 17.9 Å². The number of thiazole rings is 1. The fourth-order valence-corrected chi connectivity index (χ4v) is 6.83. The molecule has 5 heterocycles. The molecular weight excluding hydrogens is 612 g/mol. The number of hydrogen-bond acceptors (Lipinski definition) is 11. The zero-order chi connectivity index (χ0) is 31.0. The van der Waals surface area contributed by atoms with Crippen molar-refractivity contribution in [1.82, 2.24) is 15.2 Å². The maximum absolute atomic E-state index is 13.4. The van der Waals surface area contributed by atoms with Gasteiger partial charge in [-0.15, -0.1) is 23.1 Å². The second-order valence-corrected chi connectivity index (χ2v) is 11.7. The van der Waals surface area contributed by atoms with Crippen LogP contribution in [0.1, 0.15) is 17.6 Å². The summed E-state index contributed by atoms with van der Waals surface area (Å²) in [7, 11) is 0. The Labute approximate surface area is 256 Å². The zero-order valence-corrected chi connectivity index (χ0v) is 24.2. The van der Waals surface area contributed by atoms with E-state index < -0.39 is 47.0 Å². The Bertz CT molecular complexity index is 1850. The fourth-order valence-electron chi connectivity index (χ4n) is 4.94. The molecule has 3 aromatic heterocycles. The van der Waals surface area contributed by atoms with Crippen LogP contribution in [0.3, 0.4) is 0 Å². The number of nitrogen functional groups attached to an aromatic ring is 1. The Morgan fingerprint density at radius 2 is 2.00 bits per heavy atom. The fraction of sp³-hybridized carbons (Fsp3) is 0.179. The van der Waals surface area contributed by atoms with E-state index in [1.54, 1.807) is 0 Å². The van der Waals surface area contributed by atoms with Crippen LogP contribution in [0.4, 0.5) is 5.13 Å². The van der Waals surface area contributed by atoms with Gasteiger partial charge in [-0.3, -0.25) is 14.5 Å². The van der Waals surface area contributed by atoms with Crippen molar-refractivity contribution >= 4 is 68.6 Å². The SMILES string of the molecule is Nc1nc(/C(=N/O[C@H](C(=O)O)c2ccco2)C(=O)N[C@@H]2C(=O)N3C(C(=O)O)=C(C[n+]4cccc5ccccc54)CS[C@H]23)cs1. The van der Waals surface area contributed by atoms with Gasteiger partial charge in [0, 0.05) is 34.2 Å². The van der Waals surface area contributed by atoms with Crippen molar-refractivity contribution in [3.8, 4) is 0 Å². The Kier molecular flexibility index (Phi) is 7.75. The molecule has 1 fully saturated rings. The molecule has 0 saturated carbocycles. The van der Waals surface area contributed by atoms with E-state index in [0.29, 0.717) is 11.3 Å². The molecule has 4 aromatic rings. The third kappa shape index (κ3) is 5.35. The predicted octanol–water partition coefficient (Wildman–Crippen LogP) is 1.74. The van der Waals surface area contributed by atoms with Crippen LogP contribution >= 0.6 is 23.1 Å². The number of nitrogens with zero attached hydrogens (tertiary/aromatic N) is 4. The van der Waals surface area contributed by atoms with Crippen molar-refractivity contribution in [2.45, 2.75) is 24.1 Å². The minimum absolute atomic E-state index is 0.00553. The number of para-hydroxylation sites is 1. The van der Waals surface area contributed by atoms with Gasteiger partial charge in [0.05, 0.1) is 6.26 Å². The van der Waals surface area contributed by atoms with Crippen LogP contribution in [0.2, 0.25) is 0 Å². The highest BCUT2D eigenvalue weighted by atomic mass is 32.2. The molecule has 1 saturated heterocycles. The number of carboxylic acid groups (broad SMARTS) is 2. The van der Waals surface area contributed by atoms with Gasteiger partial charge in [-0.25, -0.2) is 14.6 Å². The van der Waals surface area contributed by atoms with E-state index in [1.807, 2.05) is 47.2 Å². The molecule has 14 nitrogen and oxygen atoms in total. The minimum Gasteiger partial charge on any atom is -0.478 e. The second kappa shape index (κ2) is 11.8. The van der Waals surface area contributed by atoms with Crippen molar-refractivity contribution in [3.63, 3.8) is 0 Å². The van der Waals surface area contributed by atoms with Crippen LogP contribution in [0.5, 0.6) is 0 Å². The molecule has 16 heteroatoms. The lowest BCUT2D eigenvalue weighted by Crippen LogP contribution is -2.71. The maximum atomic E-state index is 13.4. The first-order chi connectivity index (χ1) is 21.2. The number of aromatic nitrogens is 2. The number of furan rings is 1. The summed E-state index contributed by atoms with van der Waals surface area (Å²) in [4.78, 5) is 61.3. The van der Waals surface area contributed by atoms with Crippen molar-refractivity contribution in [1.29, 1.82) is 0 Å². The number of oxime groups is 1. The molecule has 2 aliphatic rings. The number of rotatable bonds is 10. The molecule has 0 unspecified atom stereocenters. The number of anilines is 1. The number of nitrogens with two attached hydrogens (primary N) is 1. The van der Waals surface area contributed by atoms with Gasteiger partial charge in [-0.1, -0.05) is 17.3 Å². The molecule has 0 spiro atoms. The molecule has 1 aromatic carbocycles. The summed E-state index contributed by atoms with van der Waals surface area (Å²) >= 11 is 2.33. The highest BCUT2D eigenvalue weighted by molar-refractivity contribution is 8.00. The number of carbonyl (C=O) groups excluding carboxylic acids is 2. The van der Waals surface area contributed by atoms with Gasteiger partial charge >= 0.3 is 11.9 Å². The van der Waals surface area contributed by atoms with Crippen LogP contribution in [-0.4, -0.2) is 66.7 Å². The number of benzene rings is 1. The highest BCUT2D eigenvalue weighted by Crippen LogP contribution is 2.40. The number of hydrogen-bond donors (Lipinski definition) is 4. The molecule has 0 bridgehead atoms. The Morgan fingerprint density at radius 1 is 1.20 bits per heavy atom. The summed E-state index contributed by atoms with van der Waals surface area (Å²) in [5.74, 6) is -3.95. The molecule has 0 aliphatic carbocycles. The Hall–Kier alpha value is -5.22. The topological polar surface area (TPSA) is 202 Å². The number of β-lactam (4-membered cyclic amide) rings is 1. The lowest BCUT2D eigenvalue weighted by atomic mass is 10.0. The number of carboxylic acids is 2. The summed E-state index contributed by atoms with van der Waals surface area (Å²) in [5, 5.41) is 27.9. The smallest absolute Gasteiger partial charge is 0.355 e. The third-order valence-electron chi connectivity index (χ3n) is 6.94. The molecule has 6 rings (SSSR count). The van der Waals surface area contributed by atoms with Crippen molar-refractivity contribution in [2.24, 2.45) is 5.16 Å². The average molecular weight is 636 g/mol. The zero-order valence-electron chi connectivity index (χ0n) is 22.5. The van der Waals surface area contributed by atoms with Crippen molar-refractivity contribution in [3.05, 3.63) is 89.1 Å². The number of aliphatic carboxylic acids is 2. The first-order valence-corrected chi connectivity index (χ1v) is 14.9. The van der Waals surface area contributed by atoms with Crippen LogP contribution in [-0.2, 0) is 30.6 Å². The monoisotopic (exact) mass is 635 g/mol. The van der Waals surface area contributed by atoms with Gasteiger partial charge in [-0.05, 0) is 24.3 Å². The maximum Gasteiger partial charge on any atom is 0.355 e. The predicted molar refractivity (Wildman–Crippen MR) is 157 cm³/mol. The standard InChI is InChI=1S/C28H22N6O8S2/c29-28-30-16(13-44-28)19(32-42-22(27(39)40)18-8-4-10-41-18)23(35)31-20-24(36)34-21(26(37)38)15(12-43-25(20)34)11-33-9-3-6-14-5-1-2-7-17(14)33/h1-10,13,20,22,25H,11-12H2,(H4-,29,30,31,35,37,38,39,40)/p+1/b32-19-/t20-,22+,25-/m1/s1. The van der Waals surface area contributed by atoms with Gasteiger partial charge in [0.1, 0.15) is 22.8 Å². The van der Waals surface area contributed by atoms with E-state index in [0.717, 1.165) is 22.2 Å². The average Bonchev–Trinajstić information content (AvgIpc) is 3.70. The Morgan fingerprint density at radius 3 is 2.70 bits per heavy atom. The first kappa shape index (κ1) is 28.9. The molecule has 3 atom stereocenters. The van der Waals surface area contributed by atoms with E-state index in [4.69, 9.17) is 15.0 Å². The number of nitrogens with one attached hydrogen (secondary N) is 1. The van der Waals surface area contributed by atoms with Crippen LogP contribution in [0.25, 0.3) is 10.9 Å². The summed E-state index contributed by atoms with van der Waals surface area (Å²) < 4.78 is 7.03. The lowest BCUT2D eigenvalue weighted by molar-refractivity contribution is -0.663. The van der Waals surface area contributed by atoms with E-state index >= 15 is 0 Å². The number of amides is 2. The van der Waals surface area contributed by atoms with E-state index in [2.05, 4.69) is 15.5 Å². The number of thioether (sulfide) groups is 1. The van der Waals surface area contributed by atoms with Crippen LogP contribution in [0, 0.1) is 0 Å². The summed E-state index contributed by atoms with van der Waals surface area (Å²) in [6.45, 7) is 0.253. The summed E-state index contributed by atoms with van der Waals surface area (Å²) in [6, 6.07) is 13.3. The van der Waals surface area contributed by atoms with E-state index in [-0.39, 0.29) is 28.8 Å². The number of fused-ring (bicyclic) bond motifs is 2. The molecule has 224 valence electrons. The van der Waals surface area contributed by atoms with Gasteiger partial charge in [-0.2, -0.15) is 4.57 Å². The molecule has 44 heavy (non-hydrogen) atoms.